The van der Waals surface area contributed by atoms with Gasteiger partial charge in [0.05, 0.1) is 17.3 Å². The molecule has 0 aliphatic carbocycles. The van der Waals surface area contributed by atoms with Gasteiger partial charge in [0.25, 0.3) is 0 Å². The van der Waals surface area contributed by atoms with E-state index in [9.17, 15) is 8.78 Å². The molecule has 0 fully saturated rings. The van der Waals surface area contributed by atoms with Crippen LogP contribution in [-0.4, -0.2) is 21.2 Å². The van der Waals surface area contributed by atoms with Gasteiger partial charge in [-0.3, -0.25) is 4.68 Å². The number of fused-ring (bicyclic) bond motifs is 1. The molecule has 0 unspecified atom stereocenters. The van der Waals surface area contributed by atoms with Gasteiger partial charge in [-0.05, 0) is 29.3 Å². The number of aryl methyl sites for hydroxylation is 1. The van der Waals surface area contributed by atoms with Crippen molar-refractivity contribution in [2.45, 2.75) is 0 Å². The van der Waals surface area contributed by atoms with E-state index in [-0.39, 0.29) is 5.56 Å². The zero-order chi connectivity index (χ0) is 17.5. The molecule has 0 radical (unpaired) electrons. The Bertz CT molecular complexity index is 928. The van der Waals surface area contributed by atoms with Crippen molar-refractivity contribution in [3.05, 3.63) is 53.7 Å². The molecule has 0 bridgehead atoms. The minimum absolute atomic E-state index is 0.218. The Morgan fingerprint density at radius 1 is 1.33 bits per heavy atom. The zero-order valence-electron chi connectivity index (χ0n) is 13.6. The van der Waals surface area contributed by atoms with Crippen LogP contribution in [0.4, 0.5) is 8.78 Å². The summed E-state index contributed by atoms with van der Waals surface area (Å²) in [5.74, 6) is -1.80. The molecular weight excluding hydrogens is 276 g/mol. The maximum Gasteiger partial charge on any atom is 0.135 e. The molecule has 1 heterocycles. The van der Waals surface area contributed by atoms with Crippen molar-refractivity contribution in [3.8, 4) is 11.1 Å². The lowest BCUT2D eigenvalue weighted by Crippen LogP contribution is -1.95. The number of hydrogen-bond donors (Lipinski definition) is 1. The average Bonchev–Trinajstić information content (AvgIpc) is 2.95. The highest BCUT2D eigenvalue weighted by Crippen LogP contribution is 2.30. The van der Waals surface area contributed by atoms with Crippen molar-refractivity contribution in [1.82, 2.24) is 9.78 Å². The highest BCUT2D eigenvalue weighted by atomic mass is 19.1. The number of hydrogen-bond acceptors (Lipinski definition) is 3. The fraction of sp³-hybridized carbons (Fsp3) is 0.0667. The normalized spacial score (nSPS) is 14.3. The first kappa shape index (κ1) is 10.0. The molecule has 0 aliphatic rings. The lowest BCUT2D eigenvalue weighted by molar-refractivity contribution is 0.321. The fourth-order valence-corrected chi connectivity index (χ4v) is 2.22. The summed E-state index contributed by atoms with van der Waals surface area (Å²) in [5.41, 5.74) is 0.584. The van der Waals surface area contributed by atoms with Crippen LogP contribution in [-0.2, 0) is 6.98 Å². The van der Waals surface area contributed by atoms with E-state index < -0.39 is 24.2 Å². The lowest BCUT2D eigenvalue weighted by atomic mass is 10.00. The third kappa shape index (κ3) is 2.24. The van der Waals surface area contributed by atoms with Crippen LogP contribution in [0.1, 0.15) is 9.68 Å². The SMILES string of the molecule is [2H]C([2H])([2H])n1cc2c(-c3cc(F)c(/C=N/O)c(F)c3)cccc2n1. The molecule has 3 aromatic rings. The summed E-state index contributed by atoms with van der Waals surface area (Å²) in [6.07, 6.45) is 1.98. The van der Waals surface area contributed by atoms with E-state index in [0.29, 0.717) is 22.7 Å². The van der Waals surface area contributed by atoms with Gasteiger partial charge < -0.3 is 5.21 Å². The van der Waals surface area contributed by atoms with Gasteiger partial charge in [-0.2, -0.15) is 5.10 Å². The second-order valence-electron chi connectivity index (χ2n) is 4.41. The highest BCUT2D eigenvalue weighted by Gasteiger charge is 2.13. The van der Waals surface area contributed by atoms with E-state index in [1.54, 1.807) is 18.2 Å². The first-order valence-corrected chi connectivity index (χ1v) is 5.97. The Balaban J connectivity index is 2.21. The van der Waals surface area contributed by atoms with Gasteiger partial charge in [-0.1, -0.05) is 17.3 Å². The number of halogens is 2. The number of benzene rings is 2. The van der Waals surface area contributed by atoms with Gasteiger partial charge in [0.15, 0.2) is 0 Å². The van der Waals surface area contributed by atoms with Crippen molar-refractivity contribution < 1.29 is 18.1 Å². The van der Waals surface area contributed by atoms with E-state index >= 15 is 0 Å². The van der Waals surface area contributed by atoms with Gasteiger partial charge >= 0.3 is 0 Å². The Hall–Kier alpha value is -2.76. The minimum atomic E-state index is -2.45. The number of aromatic nitrogens is 2. The molecule has 2 aromatic carbocycles. The quantitative estimate of drug-likeness (QED) is 0.447. The monoisotopic (exact) mass is 290 g/mol. The van der Waals surface area contributed by atoms with E-state index in [2.05, 4.69) is 10.3 Å². The summed E-state index contributed by atoms with van der Waals surface area (Å²) in [7, 11) is 0. The van der Waals surface area contributed by atoms with Crippen molar-refractivity contribution in [2.24, 2.45) is 12.1 Å². The van der Waals surface area contributed by atoms with Crippen LogP contribution in [0, 0.1) is 11.6 Å². The molecule has 0 amide bonds. The predicted molar refractivity (Wildman–Crippen MR) is 75.4 cm³/mol. The van der Waals surface area contributed by atoms with Crippen molar-refractivity contribution in [1.29, 1.82) is 0 Å². The van der Waals surface area contributed by atoms with Crippen LogP contribution in [0.15, 0.2) is 41.7 Å². The van der Waals surface area contributed by atoms with E-state index in [1.165, 1.54) is 6.20 Å². The first-order chi connectivity index (χ1) is 11.3. The maximum absolute atomic E-state index is 14.0. The molecule has 6 heteroatoms. The van der Waals surface area contributed by atoms with Crippen LogP contribution >= 0.6 is 0 Å². The predicted octanol–water partition coefficient (Wildman–Crippen LogP) is 3.33. The van der Waals surface area contributed by atoms with Crippen molar-refractivity contribution in [3.63, 3.8) is 0 Å². The molecule has 3 rings (SSSR count). The van der Waals surface area contributed by atoms with Gasteiger partial charge in [0.1, 0.15) is 11.6 Å². The Morgan fingerprint density at radius 3 is 2.76 bits per heavy atom. The Labute approximate surface area is 123 Å². The topological polar surface area (TPSA) is 50.4 Å². The van der Waals surface area contributed by atoms with Gasteiger partial charge in [0, 0.05) is 22.7 Å². The number of oxime groups is 1. The molecule has 106 valence electrons. The second-order valence-corrected chi connectivity index (χ2v) is 4.41. The van der Waals surface area contributed by atoms with Crippen LogP contribution < -0.4 is 0 Å². The average molecular weight is 290 g/mol. The molecule has 21 heavy (non-hydrogen) atoms. The van der Waals surface area contributed by atoms with Crippen LogP contribution in [0.25, 0.3) is 22.0 Å². The van der Waals surface area contributed by atoms with E-state index in [0.717, 1.165) is 16.8 Å². The second kappa shape index (κ2) is 4.97. The Kier molecular flexibility index (Phi) is 2.38. The summed E-state index contributed by atoms with van der Waals surface area (Å²) in [5, 5.41) is 15.5. The summed E-state index contributed by atoms with van der Waals surface area (Å²) in [4.78, 5) is 0. The minimum Gasteiger partial charge on any atom is -0.411 e. The largest absolute Gasteiger partial charge is 0.411 e. The van der Waals surface area contributed by atoms with E-state index in [1.807, 2.05) is 0 Å². The maximum atomic E-state index is 14.0. The summed E-state index contributed by atoms with van der Waals surface area (Å²) in [6.45, 7) is -2.45. The molecule has 0 spiro atoms. The lowest BCUT2D eigenvalue weighted by Gasteiger charge is -2.06. The van der Waals surface area contributed by atoms with Crippen LogP contribution in [0.2, 0.25) is 0 Å². The third-order valence-electron chi connectivity index (χ3n) is 3.13. The molecule has 0 saturated heterocycles. The summed E-state index contributed by atoms with van der Waals surface area (Å²) >= 11 is 0. The molecular formula is C15H11F2N3O. The van der Waals surface area contributed by atoms with Crippen molar-refractivity contribution in [2.75, 3.05) is 0 Å². The van der Waals surface area contributed by atoms with Crippen LogP contribution in [0.5, 0.6) is 0 Å². The van der Waals surface area contributed by atoms with Gasteiger partial charge in [0.2, 0.25) is 0 Å². The molecule has 4 nitrogen and oxygen atoms in total. The van der Waals surface area contributed by atoms with Crippen LogP contribution in [0.3, 0.4) is 0 Å². The summed E-state index contributed by atoms with van der Waals surface area (Å²) < 4.78 is 51.1. The molecule has 0 aliphatic heterocycles. The molecule has 0 saturated carbocycles. The number of rotatable bonds is 2. The molecule has 1 N–H and O–H groups in total. The third-order valence-corrected chi connectivity index (χ3v) is 3.13. The Morgan fingerprint density at radius 2 is 2.10 bits per heavy atom. The fourth-order valence-electron chi connectivity index (χ4n) is 2.22. The van der Waals surface area contributed by atoms with Crippen molar-refractivity contribution >= 4 is 17.1 Å². The first-order valence-electron chi connectivity index (χ1n) is 7.47. The van der Waals surface area contributed by atoms with E-state index in [4.69, 9.17) is 9.32 Å². The summed E-state index contributed by atoms with van der Waals surface area (Å²) in [6, 6.07) is 7.01. The standard InChI is InChI=1S/C15H11F2N3O/c1-20-8-12-10(3-2-4-15(12)19-20)9-5-13(16)11(7-18-21)14(17)6-9/h2-8,21H,1H3/b18-7+/i1D3. The highest BCUT2D eigenvalue weighted by molar-refractivity contribution is 5.95. The van der Waals surface area contributed by atoms with Gasteiger partial charge in [-0.15, -0.1) is 0 Å². The smallest absolute Gasteiger partial charge is 0.135 e. The zero-order valence-corrected chi connectivity index (χ0v) is 10.6. The van der Waals surface area contributed by atoms with Gasteiger partial charge in [-0.25, -0.2) is 8.78 Å². The molecule has 1 aromatic heterocycles. The molecule has 0 atom stereocenters. The number of nitrogens with zero attached hydrogens (tertiary/aromatic N) is 3.